The molecule has 1 saturated heterocycles. The normalized spacial score (nSPS) is 19.3. The van der Waals surface area contributed by atoms with Gasteiger partial charge in [0.05, 0.1) is 31.1 Å². The maximum atomic E-state index is 11.9. The fourth-order valence-electron chi connectivity index (χ4n) is 4.22. The monoisotopic (exact) mass is 403 g/mol. The molecular formula is C21H29N3O5. The molecule has 1 aliphatic rings. The molecule has 0 unspecified atom stereocenters. The zero-order valence-electron chi connectivity index (χ0n) is 17.6. The molecule has 2 heterocycles. The first-order chi connectivity index (χ1) is 13.7. The Balaban J connectivity index is 1.82. The maximum absolute atomic E-state index is 11.9. The number of nitrogens with zero attached hydrogens (tertiary/aromatic N) is 2. The second-order valence-electron chi connectivity index (χ2n) is 8.23. The summed E-state index contributed by atoms with van der Waals surface area (Å²) in [6.45, 7) is 6.96. The summed E-state index contributed by atoms with van der Waals surface area (Å²) in [7, 11) is 3.16. The fourth-order valence-corrected chi connectivity index (χ4v) is 4.22. The van der Waals surface area contributed by atoms with Gasteiger partial charge in [-0.05, 0) is 36.5 Å². The minimum absolute atomic E-state index is 0.274. The van der Waals surface area contributed by atoms with Crippen molar-refractivity contribution in [2.75, 3.05) is 20.8 Å². The van der Waals surface area contributed by atoms with Crippen molar-refractivity contribution in [1.82, 2.24) is 15.1 Å². The fraction of sp³-hybridized carbons (Fsp3) is 0.524. The number of H-pyrrole nitrogens is 1. The average Bonchev–Trinajstić information content (AvgIpc) is 3.33. The molecule has 158 valence electrons. The molecule has 2 N–H and O–H groups in total. The molecule has 1 atom stereocenters. The average molecular weight is 403 g/mol. The number of methoxy groups -OCH3 is 2. The predicted octanol–water partition coefficient (Wildman–Crippen LogP) is 4.02. The Morgan fingerprint density at radius 2 is 1.97 bits per heavy atom. The van der Waals surface area contributed by atoms with Gasteiger partial charge in [-0.25, -0.2) is 4.79 Å². The summed E-state index contributed by atoms with van der Waals surface area (Å²) in [6.07, 6.45) is 0.640. The van der Waals surface area contributed by atoms with Crippen LogP contribution in [-0.4, -0.2) is 47.1 Å². The van der Waals surface area contributed by atoms with Crippen LogP contribution in [0.2, 0.25) is 0 Å². The van der Waals surface area contributed by atoms with E-state index in [9.17, 15) is 9.90 Å². The molecule has 1 aromatic carbocycles. The van der Waals surface area contributed by atoms with Crippen molar-refractivity contribution in [3.63, 3.8) is 0 Å². The molecule has 1 amide bonds. The van der Waals surface area contributed by atoms with Gasteiger partial charge in [0.1, 0.15) is 12.4 Å². The van der Waals surface area contributed by atoms with Crippen molar-refractivity contribution < 1.29 is 24.1 Å². The number of hydrogen-bond donors (Lipinski definition) is 2. The van der Waals surface area contributed by atoms with Gasteiger partial charge < -0.3 is 19.3 Å². The summed E-state index contributed by atoms with van der Waals surface area (Å²) in [4.78, 5) is 13.4. The van der Waals surface area contributed by atoms with Crippen molar-refractivity contribution in [3.05, 3.63) is 35.7 Å². The number of nitrogens with one attached hydrogen (secondary N) is 1. The van der Waals surface area contributed by atoms with Crippen molar-refractivity contribution in [3.8, 4) is 17.2 Å². The van der Waals surface area contributed by atoms with Crippen LogP contribution in [0.25, 0.3) is 0 Å². The van der Waals surface area contributed by atoms with E-state index in [1.165, 1.54) is 4.90 Å². The predicted molar refractivity (Wildman–Crippen MR) is 108 cm³/mol. The lowest BCUT2D eigenvalue weighted by molar-refractivity contribution is 0.0244. The minimum atomic E-state index is -0.913. The number of benzene rings is 1. The quantitative estimate of drug-likeness (QED) is 0.756. The van der Waals surface area contributed by atoms with Gasteiger partial charge in [0.2, 0.25) is 0 Å². The van der Waals surface area contributed by atoms with Gasteiger partial charge >= 0.3 is 6.09 Å². The number of aromatic nitrogens is 2. The van der Waals surface area contributed by atoms with Crippen LogP contribution < -0.4 is 14.2 Å². The Bertz CT molecular complexity index is 873. The Morgan fingerprint density at radius 1 is 1.24 bits per heavy atom. The van der Waals surface area contributed by atoms with Gasteiger partial charge in [-0.15, -0.1) is 0 Å². The number of ether oxygens (including phenoxy) is 3. The lowest BCUT2D eigenvalue weighted by Crippen LogP contribution is -2.53. The molecular weight excluding hydrogens is 374 g/mol. The van der Waals surface area contributed by atoms with E-state index in [2.05, 4.69) is 31.0 Å². The van der Waals surface area contributed by atoms with E-state index >= 15 is 0 Å². The lowest BCUT2D eigenvalue weighted by atomic mass is 9.69. The van der Waals surface area contributed by atoms with Crippen LogP contribution in [0.5, 0.6) is 17.2 Å². The summed E-state index contributed by atoms with van der Waals surface area (Å²) in [5, 5.41) is 17.3. The van der Waals surface area contributed by atoms with Crippen LogP contribution in [0.4, 0.5) is 4.79 Å². The summed E-state index contributed by atoms with van der Waals surface area (Å²) in [6, 6.07) is 7.26. The molecule has 3 rings (SSSR count). The topological polar surface area (TPSA) is 96.9 Å². The third-order valence-corrected chi connectivity index (χ3v) is 5.66. The zero-order chi connectivity index (χ0) is 21.2. The highest BCUT2D eigenvalue weighted by Crippen LogP contribution is 2.50. The van der Waals surface area contributed by atoms with Gasteiger partial charge in [0.15, 0.2) is 11.5 Å². The van der Waals surface area contributed by atoms with Gasteiger partial charge in [0, 0.05) is 12.6 Å². The van der Waals surface area contributed by atoms with E-state index in [1.807, 2.05) is 6.07 Å². The summed E-state index contributed by atoms with van der Waals surface area (Å²) in [5.41, 5.74) is 0.529. The molecule has 0 spiro atoms. The number of likely N-dealkylation sites (tertiary alicyclic amines) is 1. The Morgan fingerprint density at radius 3 is 2.59 bits per heavy atom. The Labute approximate surface area is 170 Å². The van der Waals surface area contributed by atoms with E-state index in [4.69, 9.17) is 14.2 Å². The lowest BCUT2D eigenvalue weighted by Gasteiger charge is -2.45. The highest BCUT2D eigenvalue weighted by molar-refractivity contribution is 5.67. The third-order valence-electron chi connectivity index (χ3n) is 5.66. The Hall–Kier alpha value is -2.90. The molecule has 29 heavy (non-hydrogen) atoms. The van der Waals surface area contributed by atoms with E-state index < -0.39 is 11.6 Å². The second kappa shape index (κ2) is 7.85. The summed E-state index contributed by atoms with van der Waals surface area (Å²) in [5.74, 6) is 1.85. The smallest absolute Gasteiger partial charge is 0.408 e. The highest BCUT2D eigenvalue weighted by Gasteiger charge is 2.54. The van der Waals surface area contributed by atoms with Gasteiger partial charge in [-0.1, -0.05) is 20.8 Å². The van der Waals surface area contributed by atoms with Crippen LogP contribution in [0.1, 0.15) is 45.0 Å². The second-order valence-corrected chi connectivity index (χ2v) is 8.23. The largest absolute Gasteiger partial charge is 0.493 e. The zero-order valence-corrected chi connectivity index (χ0v) is 17.6. The van der Waals surface area contributed by atoms with Crippen LogP contribution in [-0.2, 0) is 12.1 Å². The highest BCUT2D eigenvalue weighted by atomic mass is 16.5. The van der Waals surface area contributed by atoms with E-state index in [0.29, 0.717) is 23.8 Å². The van der Waals surface area contributed by atoms with Gasteiger partial charge in [-0.3, -0.25) is 10.00 Å². The molecule has 1 aromatic heterocycles. The van der Waals surface area contributed by atoms with E-state index in [-0.39, 0.29) is 12.0 Å². The first-order valence-electron chi connectivity index (χ1n) is 9.63. The molecule has 8 heteroatoms. The first kappa shape index (κ1) is 20.8. The Kier molecular flexibility index (Phi) is 5.64. The maximum Gasteiger partial charge on any atom is 0.408 e. The van der Waals surface area contributed by atoms with Gasteiger partial charge in [0.25, 0.3) is 0 Å². The first-order valence-corrected chi connectivity index (χ1v) is 9.63. The minimum Gasteiger partial charge on any atom is -0.493 e. The standard InChI is InChI=1S/C21H29N3O5/c1-20(2,3)21(9-6-10-24(21)19(25)26)18-11-14(22-23-18)13-29-15-7-8-16(27-4)17(12-15)28-5/h7-8,11-12H,6,9-10,13H2,1-5H3,(H,22,23)(H,25,26)/t21-/m1/s1. The van der Waals surface area contributed by atoms with Crippen molar-refractivity contribution in [1.29, 1.82) is 0 Å². The summed E-state index contributed by atoms with van der Waals surface area (Å²) < 4.78 is 16.4. The van der Waals surface area contributed by atoms with Gasteiger partial charge in [-0.2, -0.15) is 5.10 Å². The molecule has 8 nitrogen and oxygen atoms in total. The van der Waals surface area contributed by atoms with Crippen molar-refractivity contribution in [2.24, 2.45) is 5.41 Å². The number of amides is 1. The number of rotatable bonds is 6. The van der Waals surface area contributed by atoms with E-state index in [0.717, 1.165) is 24.2 Å². The van der Waals surface area contributed by atoms with Crippen LogP contribution in [0, 0.1) is 5.41 Å². The number of carboxylic acid groups (broad SMARTS) is 1. The molecule has 0 radical (unpaired) electrons. The molecule has 1 fully saturated rings. The molecule has 1 aliphatic heterocycles. The number of aromatic amines is 1. The molecule has 0 saturated carbocycles. The SMILES string of the molecule is COc1ccc(OCc2cc([C@@]3(C(C)(C)C)CCCN3C(=O)O)n[nH]2)cc1OC. The molecule has 0 aliphatic carbocycles. The van der Waals surface area contributed by atoms with Crippen molar-refractivity contribution >= 4 is 6.09 Å². The van der Waals surface area contributed by atoms with E-state index in [1.54, 1.807) is 32.4 Å². The summed E-state index contributed by atoms with van der Waals surface area (Å²) >= 11 is 0. The van der Waals surface area contributed by atoms with Crippen molar-refractivity contribution in [2.45, 2.75) is 45.8 Å². The number of hydrogen-bond acceptors (Lipinski definition) is 5. The number of carbonyl (C=O) groups is 1. The third kappa shape index (κ3) is 3.71. The molecule has 2 aromatic rings. The van der Waals surface area contributed by atoms with Crippen LogP contribution in [0.15, 0.2) is 24.3 Å². The molecule has 0 bridgehead atoms. The van der Waals surface area contributed by atoms with Crippen LogP contribution in [0.3, 0.4) is 0 Å². The van der Waals surface area contributed by atoms with Crippen LogP contribution >= 0.6 is 0 Å².